The third-order valence-electron chi connectivity index (χ3n) is 7.15. The molecule has 2 aromatic carbocycles. The molecule has 35 heavy (non-hydrogen) atoms. The van der Waals surface area contributed by atoms with E-state index in [2.05, 4.69) is 40.4 Å². The first-order valence-corrected chi connectivity index (χ1v) is 12.6. The summed E-state index contributed by atoms with van der Waals surface area (Å²) in [6.45, 7) is 12.3. The van der Waals surface area contributed by atoms with Crippen molar-refractivity contribution in [1.82, 2.24) is 14.8 Å². The van der Waals surface area contributed by atoms with E-state index in [4.69, 9.17) is 4.74 Å². The van der Waals surface area contributed by atoms with E-state index in [0.29, 0.717) is 0 Å². The average molecular weight is 480 g/mol. The van der Waals surface area contributed by atoms with Gasteiger partial charge in [-0.25, -0.2) is 8.78 Å². The summed E-state index contributed by atoms with van der Waals surface area (Å²) in [5.41, 5.74) is 2.58. The number of hydrogen-bond donors (Lipinski definition) is 1. The molecule has 1 fully saturated rings. The van der Waals surface area contributed by atoms with Crippen LogP contribution in [0.2, 0.25) is 0 Å². The van der Waals surface area contributed by atoms with Crippen LogP contribution in [0.1, 0.15) is 50.1 Å². The zero-order valence-corrected chi connectivity index (χ0v) is 20.9. The van der Waals surface area contributed by atoms with Crippen LogP contribution in [0, 0.1) is 5.82 Å². The molecular formula is C29H35F2N3O. The molecular weight excluding hydrogens is 444 g/mol. The van der Waals surface area contributed by atoms with E-state index in [1.807, 2.05) is 24.3 Å². The zero-order chi connectivity index (χ0) is 24.7. The van der Waals surface area contributed by atoms with E-state index in [1.54, 1.807) is 26.0 Å². The third-order valence-corrected chi connectivity index (χ3v) is 7.15. The van der Waals surface area contributed by atoms with Crippen LogP contribution >= 0.6 is 0 Å². The van der Waals surface area contributed by atoms with Gasteiger partial charge in [0.05, 0.1) is 6.04 Å². The number of fused-ring (bicyclic) bond motifs is 3. The van der Waals surface area contributed by atoms with Crippen molar-refractivity contribution in [3.8, 4) is 5.75 Å². The lowest BCUT2D eigenvalue weighted by atomic mass is 9.87. The van der Waals surface area contributed by atoms with Crippen molar-refractivity contribution in [1.29, 1.82) is 0 Å². The van der Waals surface area contributed by atoms with Gasteiger partial charge in [-0.15, -0.1) is 6.58 Å². The van der Waals surface area contributed by atoms with Gasteiger partial charge in [0.2, 0.25) is 0 Å². The molecule has 2 atom stereocenters. The van der Waals surface area contributed by atoms with Crippen molar-refractivity contribution in [2.45, 2.75) is 57.5 Å². The molecule has 5 rings (SSSR count). The van der Waals surface area contributed by atoms with Gasteiger partial charge in [0.25, 0.3) is 0 Å². The van der Waals surface area contributed by atoms with Crippen LogP contribution < -0.4 is 4.74 Å². The number of aromatic amines is 1. The summed E-state index contributed by atoms with van der Waals surface area (Å²) in [5, 5.41) is 1.15. The molecule has 0 bridgehead atoms. The van der Waals surface area contributed by atoms with Gasteiger partial charge in [-0.2, -0.15) is 0 Å². The Morgan fingerprint density at radius 2 is 1.97 bits per heavy atom. The highest BCUT2D eigenvalue weighted by Gasteiger charge is 2.39. The molecule has 0 radical (unpaired) electrons. The summed E-state index contributed by atoms with van der Waals surface area (Å²) in [6.07, 6.45) is 3.74. The second-order valence-corrected chi connectivity index (χ2v) is 10.6. The molecule has 2 aliphatic rings. The van der Waals surface area contributed by atoms with Crippen LogP contribution in [0.5, 0.6) is 5.75 Å². The first-order valence-electron chi connectivity index (χ1n) is 12.6. The van der Waals surface area contributed by atoms with Crippen LogP contribution in [0.15, 0.2) is 55.1 Å². The van der Waals surface area contributed by atoms with Gasteiger partial charge in [-0.05, 0) is 62.6 Å². The Kier molecular flexibility index (Phi) is 6.45. The van der Waals surface area contributed by atoms with Crippen LogP contribution in [0.25, 0.3) is 10.9 Å². The molecule has 1 aromatic heterocycles. The number of benzene rings is 2. The molecule has 4 nitrogen and oxygen atoms in total. The lowest BCUT2D eigenvalue weighted by molar-refractivity contribution is 0.0178. The fraction of sp³-hybridized carbons (Fsp3) is 0.448. The molecule has 0 saturated carbocycles. The maximum atomic E-state index is 15.3. The second kappa shape index (κ2) is 9.40. The number of rotatable bonds is 8. The van der Waals surface area contributed by atoms with Crippen molar-refractivity contribution in [3.63, 3.8) is 0 Å². The molecule has 2 aliphatic heterocycles. The van der Waals surface area contributed by atoms with Crippen LogP contribution in [-0.2, 0) is 6.42 Å². The summed E-state index contributed by atoms with van der Waals surface area (Å²) >= 11 is 0. The molecule has 3 heterocycles. The molecule has 0 unspecified atom stereocenters. The van der Waals surface area contributed by atoms with E-state index in [0.717, 1.165) is 54.6 Å². The van der Waals surface area contributed by atoms with Gasteiger partial charge >= 0.3 is 0 Å². The quantitative estimate of drug-likeness (QED) is 0.400. The molecule has 0 spiro atoms. The summed E-state index contributed by atoms with van der Waals surface area (Å²) in [6, 6.07) is 13.0. The van der Waals surface area contributed by atoms with Crippen molar-refractivity contribution >= 4 is 10.9 Å². The highest BCUT2D eigenvalue weighted by Crippen LogP contribution is 2.42. The lowest BCUT2D eigenvalue weighted by Crippen LogP contribution is -2.53. The van der Waals surface area contributed by atoms with E-state index >= 15 is 4.39 Å². The van der Waals surface area contributed by atoms with E-state index < -0.39 is 5.67 Å². The number of hydrogen-bond acceptors (Lipinski definition) is 3. The molecule has 186 valence electrons. The second-order valence-electron chi connectivity index (χ2n) is 10.6. The number of ether oxygens (including phenoxy) is 1. The number of alkyl halides is 1. The standard InChI is InChI=1S/C29H35F2N3O/c1-5-13-33-16-21(17-33)35-26-12-11-19(14-24(26)30)28-27-23(22-9-7-8-10-25(22)32-27)15-20(6-2)34(28)18-29(3,4)31/h6-12,14,20-21,28,32H,2,5,13,15-18H2,1,3-4H3/t20-,28-/m1/s1. The minimum Gasteiger partial charge on any atom is -0.485 e. The van der Waals surface area contributed by atoms with Gasteiger partial charge < -0.3 is 9.72 Å². The average Bonchev–Trinajstić information content (AvgIpc) is 3.15. The van der Waals surface area contributed by atoms with E-state index in [9.17, 15) is 4.39 Å². The third kappa shape index (κ3) is 4.74. The predicted molar refractivity (Wildman–Crippen MR) is 137 cm³/mol. The van der Waals surface area contributed by atoms with Crippen LogP contribution in [0.4, 0.5) is 8.78 Å². The molecule has 0 amide bonds. The first-order chi connectivity index (χ1) is 16.8. The molecule has 1 saturated heterocycles. The summed E-state index contributed by atoms with van der Waals surface area (Å²) in [5.74, 6) is -0.102. The molecule has 0 aliphatic carbocycles. The number of likely N-dealkylation sites (tertiary alicyclic amines) is 1. The van der Waals surface area contributed by atoms with E-state index in [-0.39, 0.29) is 36.3 Å². The molecule has 6 heteroatoms. The number of halogens is 2. The summed E-state index contributed by atoms with van der Waals surface area (Å²) in [7, 11) is 0. The number of aromatic nitrogens is 1. The lowest BCUT2D eigenvalue weighted by Gasteiger charge is -2.43. The zero-order valence-electron chi connectivity index (χ0n) is 20.9. The number of nitrogens with one attached hydrogen (secondary N) is 1. The SMILES string of the molecule is C=C[C@@H]1Cc2c([nH]c3ccccc23)[C@@H](c2ccc(OC3CN(CCC)C3)c(F)c2)N1CC(C)(C)F. The number of H-pyrrole nitrogens is 1. The maximum absolute atomic E-state index is 15.3. The highest BCUT2D eigenvalue weighted by atomic mass is 19.1. The molecule has 1 N–H and O–H groups in total. The maximum Gasteiger partial charge on any atom is 0.165 e. The summed E-state index contributed by atoms with van der Waals surface area (Å²) < 4.78 is 36.3. The van der Waals surface area contributed by atoms with Crippen molar-refractivity contribution in [2.75, 3.05) is 26.2 Å². The van der Waals surface area contributed by atoms with Gasteiger partial charge in [0.1, 0.15) is 11.8 Å². The fourth-order valence-corrected chi connectivity index (χ4v) is 5.64. The first kappa shape index (κ1) is 24.0. The Hall–Kier alpha value is -2.70. The Labute approximate surface area is 206 Å². The number of nitrogens with zero attached hydrogens (tertiary/aromatic N) is 2. The van der Waals surface area contributed by atoms with Gasteiger partial charge in [-0.1, -0.05) is 37.3 Å². The fourth-order valence-electron chi connectivity index (χ4n) is 5.64. The van der Waals surface area contributed by atoms with Gasteiger partial charge in [0, 0.05) is 42.3 Å². The predicted octanol–water partition coefficient (Wildman–Crippen LogP) is 6.03. The van der Waals surface area contributed by atoms with Crippen molar-refractivity contribution in [3.05, 3.63) is 77.8 Å². The Bertz CT molecular complexity index is 1210. The van der Waals surface area contributed by atoms with Gasteiger partial charge in [-0.3, -0.25) is 9.80 Å². The largest absolute Gasteiger partial charge is 0.485 e. The highest BCUT2D eigenvalue weighted by molar-refractivity contribution is 5.85. The van der Waals surface area contributed by atoms with Crippen molar-refractivity contribution < 1.29 is 13.5 Å². The Morgan fingerprint density at radius 1 is 1.20 bits per heavy atom. The smallest absolute Gasteiger partial charge is 0.165 e. The van der Waals surface area contributed by atoms with Crippen LogP contribution in [-0.4, -0.2) is 58.8 Å². The van der Waals surface area contributed by atoms with E-state index in [1.165, 1.54) is 5.56 Å². The monoisotopic (exact) mass is 479 g/mol. The van der Waals surface area contributed by atoms with Gasteiger partial charge in [0.15, 0.2) is 11.6 Å². The summed E-state index contributed by atoms with van der Waals surface area (Å²) in [4.78, 5) is 7.98. The minimum absolute atomic E-state index is 0.0193. The minimum atomic E-state index is -1.42. The Morgan fingerprint density at radius 3 is 2.66 bits per heavy atom. The Balaban J connectivity index is 1.51. The van der Waals surface area contributed by atoms with Crippen molar-refractivity contribution in [2.24, 2.45) is 0 Å². The molecule has 3 aromatic rings. The normalized spacial score (nSPS) is 21.6. The van der Waals surface area contributed by atoms with Crippen LogP contribution in [0.3, 0.4) is 0 Å². The number of para-hydroxylation sites is 1. The topological polar surface area (TPSA) is 31.5 Å².